The van der Waals surface area contributed by atoms with Crippen LogP contribution in [-0.2, 0) is 0 Å². The third kappa shape index (κ3) is 4.21. The molecule has 15 heavy (non-hydrogen) atoms. The Hall–Kier alpha value is -1.22. The molecule has 0 fully saturated rings. The molecule has 1 aromatic carbocycles. The van der Waals surface area contributed by atoms with Crippen LogP contribution < -0.4 is 4.74 Å². The molecule has 0 aliphatic heterocycles. The fourth-order valence-corrected chi connectivity index (χ4v) is 1.37. The molecule has 0 spiro atoms. The van der Waals surface area contributed by atoms with Crippen LogP contribution in [0, 0.1) is 0 Å². The zero-order valence-corrected chi connectivity index (χ0v) is 9.44. The Bertz CT molecular complexity index is 267. The number of benzene rings is 1. The predicted molar refractivity (Wildman–Crippen MR) is 61.4 cm³/mol. The SMILES string of the molecule is CCN(CC)CCOc1ccc(O)cc1. The van der Waals surface area contributed by atoms with Crippen molar-refractivity contribution < 1.29 is 9.84 Å². The molecule has 0 aliphatic rings. The molecule has 84 valence electrons. The second-order valence-corrected chi connectivity index (χ2v) is 3.37. The lowest BCUT2D eigenvalue weighted by Gasteiger charge is -2.17. The van der Waals surface area contributed by atoms with Gasteiger partial charge in [-0.05, 0) is 37.4 Å². The van der Waals surface area contributed by atoms with Gasteiger partial charge in [-0.1, -0.05) is 13.8 Å². The van der Waals surface area contributed by atoms with E-state index in [1.54, 1.807) is 24.3 Å². The van der Waals surface area contributed by atoms with Crippen LogP contribution in [0.1, 0.15) is 13.8 Å². The molecular weight excluding hydrogens is 190 g/mol. The van der Waals surface area contributed by atoms with E-state index in [0.717, 1.165) is 25.4 Å². The van der Waals surface area contributed by atoms with Gasteiger partial charge in [0.2, 0.25) is 0 Å². The number of ether oxygens (including phenoxy) is 1. The van der Waals surface area contributed by atoms with E-state index in [0.29, 0.717) is 6.61 Å². The summed E-state index contributed by atoms with van der Waals surface area (Å²) in [7, 11) is 0. The van der Waals surface area contributed by atoms with Crippen LogP contribution >= 0.6 is 0 Å². The van der Waals surface area contributed by atoms with Crippen molar-refractivity contribution in [3.05, 3.63) is 24.3 Å². The van der Waals surface area contributed by atoms with Gasteiger partial charge in [0.1, 0.15) is 18.1 Å². The third-order valence-corrected chi connectivity index (χ3v) is 2.41. The molecule has 3 heteroatoms. The smallest absolute Gasteiger partial charge is 0.119 e. The maximum Gasteiger partial charge on any atom is 0.119 e. The highest BCUT2D eigenvalue weighted by molar-refractivity contribution is 5.29. The second-order valence-electron chi connectivity index (χ2n) is 3.37. The standard InChI is InChI=1S/C12H19NO2/c1-3-13(4-2)9-10-15-12-7-5-11(14)6-8-12/h5-8,14H,3-4,9-10H2,1-2H3. The number of aromatic hydroxyl groups is 1. The topological polar surface area (TPSA) is 32.7 Å². The molecular formula is C12H19NO2. The van der Waals surface area contributed by atoms with Gasteiger partial charge >= 0.3 is 0 Å². The first-order valence-electron chi connectivity index (χ1n) is 5.40. The molecule has 1 aromatic rings. The maximum absolute atomic E-state index is 9.08. The second kappa shape index (κ2) is 6.30. The minimum atomic E-state index is 0.270. The minimum absolute atomic E-state index is 0.270. The van der Waals surface area contributed by atoms with Gasteiger partial charge in [-0.25, -0.2) is 0 Å². The molecule has 1 rings (SSSR count). The third-order valence-electron chi connectivity index (χ3n) is 2.41. The van der Waals surface area contributed by atoms with Gasteiger partial charge in [0.05, 0.1) is 0 Å². The van der Waals surface area contributed by atoms with Crippen LogP contribution in [0.15, 0.2) is 24.3 Å². The number of nitrogens with zero attached hydrogens (tertiary/aromatic N) is 1. The largest absolute Gasteiger partial charge is 0.508 e. The van der Waals surface area contributed by atoms with Gasteiger partial charge < -0.3 is 14.7 Å². The fourth-order valence-electron chi connectivity index (χ4n) is 1.37. The molecule has 0 aliphatic carbocycles. The molecule has 0 unspecified atom stereocenters. The Morgan fingerprint density at radius 2 is 1.73 bits per heavy atom. The van der Waals surface area contributed by atoms with Gasteiger partial charge in [0.25, 0.3) is 0 Å². The summed E-state index contributed by atoms with van der Waals surface area (Å²) in [5.41, 5.74) is 0. The van der Waals surface area contributed by atoms with Gasteiger partial charge in [0.15, 0.2) is 0 Å². The van der Waals surface area contributed by atoms with Crippen molar-refractivity contribution in [3.8, 4) is 11.5 Å². The number of rotatable bonds is 6. The zero-order chi connectivity index (χ0) is 11.1. The van der Waals surface area contributed by atoms with Crippen LogP contribution in [-0.4, -0.2) is 36.2 Å². The normalized spacial score (nSPS) is 10.6. The lowest BCUT2D eigenvalue weighted by Crippen LogP contribution is -2.27. The number of hydrogen-bond acceptors (Lipinski definition) is 3. The van der Waals surface area contributed by atoms with Crippen LogP contribution in [0.2, 0.25) is 0 Å². The Morgan fingerprint density at radius 1 is 1.13 bits per heavy atom. The van der Waals surface area contributed by atoms with E-state index >= 15 is 0 Å². The van der Waals surface area contributed by atoms with Crippen molar-refractivity contribution in [1.82, 2.24) is 4.90 Å². The number of likely N-dealkylation sites (N-methyl/N-ethyl adjacent to an activating group) is 1. The van der Waals surface area contributed by atoms with Crippen molar-refractivity contribution >= 4 is 0 Å². The maximum atomic E-state index is 9.08. The summed E-state index contributed by atoms with van der Waals surface area (Å²) in [6.45, 7) is 8.01. The van der Waals surface area contributed by atoms with E-state index in [-0.39, 0.29) is 5.75 Å². The van der Waals surface area contributed by atoms with E-state index in [1.165, 1.54) is 0 Å². The Kier molecular flexibility index (Phi) is 4.98. The summed E-state index contributed by atoms with van der Waals surface area (Å²) in [6, 6.07) is 6.81. The lowest BCUT2D eigenvalue weighted by molar-refractivity contribution is 0.222. The van der Waals surface area contributed by atoms with Crippen LogP contribution in [0.3, 0.4) is 0 Å². The quantitative estimate of drug-likeness (QED) is 0.779. The summed E-state index contributed by atoms with van der Waals surface area (Å²) >= 11 is 0. The van der Waals surface area contributed by atoms with Crippen LogP contribution in [0.4, 0.5) is 0 Å². The molecule has 0 atom stereocenters. The summed E-state index contributed by atoms with van der Waals surface area (Å²) in [5, 5.41) is 9.08. The van der Waals surface area contributed by atoms with Gasteiger partial charge in [0, 0.05) is 6.54 Å². The Morgan fingerprint density at radius 3 is 2.27 bits per heavy atom. The number of phenolic OH excluding ortho intramolecular Hbond substituents is 1. The van der Waals surface area contributed by atoms with E-state index in [1.807, 2.05) is 0 Å². The molecule has 0 radical (unpaired) electrons. The van der Waals surface area contributed by atoms with Crippen LogP contribution in [0.5, 0.6) is 11.5 Å². The zero-order valence-electron chi connectivity index (χ0n) is 9.44. The summed E-state index contributed by atoms with van der Waals surface area (Å²) in [6.07, 6.45) is 0. The van der Waals surface area contributed by atoms with Crippen molar-refractivity contribution in [1.29, 1.82) is 0 Å². The van der Waals surface area contributed by atoms with E-state index < -0.39 is 0 Å². The van der Waals surface area contributed by atoms with Crippen molar-refractivity contribution in [2.45, 2.75) is 13.8 Å². The highest BCUT2D eigenvalue weighted by Crippen LogP contribution is 2.15. The molecule has 3 nitrogen and oxygen atoms in total. The molecule has 0 amide bonds. The molecule has 0 saturated heterocycles. The van der Waals surface area contributed by atoms with Gasteiger partial charge in [-0.3, -0.25) is 0 Å². The van der Waals surface area contributed by atoms with Crippen molar-refractivity contribution in [2.24, 2.45) is 0 Å². The highest BCUT2D eigenvalue weighted by Gasteiger charge is 1.99. The summed E-state index contributed by atoms with van der Waals surface area (Å²) < 4.78 is 5.54. The monoisotopic (exact) mass is 209 g/mol. The first-order valence-corrected chi connectivity index (χ1v) is 5.40. The van der Waals surface area contributed by atoms with Crippen molar-refractivity contribution in [2.75, 3.05) is 26.2 Å². The minimum Gasteiger partial charge on any atom is -0.508 e. The highest BCUT2D eigenvalue weighted by atomic mass is 16.5. The van der Waals surface area contributed by atoms with Gasteiger partial charge in [-0.2, -0.15) is 0 Å². The molecule has 0 bridgehead atoms. The van der Waals surface area contributed by atoms with Crippen molar-refractivity contribution in [3.63, 3.8) is 0 Å². The van der Waals surface area contributed by atoms with E-state index in [4.69, 9.17) is 9.84 Å². The average Bonchev–Trinajstić information content (AvgIpc) is 2.27. The average molecular weight is 209 g/mol. The lowest BCUT2D eigenvalue weighted by atomic mass is 10.3. The summed E-state index contributed by atoms with van der Waals surface area (Å²) in [4.78, 5) is 2.31. The first-order chi connectivity index (χ1) is 7.26. The molecule has 0 saturated carbocycles. The summed E-state index contributed by atoms with van der Waals surface area (Å²) in [5.74, 6) is 1.08. The number of hydrogen-bond donors (Lipinski definition) is 1. The molecule has 0 heterocycles. The Labute approximate surface area is 91.3 Å². The molecule has 0 aromatic heterocycles. The number of phenols is 1. The fraction of sp³-hybridized carbons (Fsp3) is 0.500. The Balaban J connectivity index is 2.28. The van der Waals surface area contributed by atoms with Crippen LogP contribution in [0.25, 0.3) is 0 Å². The van der Waals surface area contributed by atoms with E-state index in [2.05, 4.69) is 18.7 Å². The molecule has 1 N–H and O–H groups in total. The van der Waals surface area contributed by atoms with Gasteiger partial charge in [-0.15, -0.1) is 0 Å². The first kappa shape index (κ1) is 11.9. The van der Waals surface area contributed by atoms with E-state index in [9.17, 15) is 0 Å². The predicted octanol–water partition coefficient (Wildman–Crippen LogP) is 2.11.